The number of carbonyl (C=O) groups excluding carboxylic acids is 3. The van der Waals surface area contributed by atoms with Gasteiger partial charge in [0.15, 0.2) is 0 Å². The Labute approximate surface area is 164 Å². The predicted octanol–water partition coefficient (Wildman–Crippen LogP) is 3.27. The average molecular weight is 462 g/mol. The second kappa shape index (κ2) is 7.28. The molecule has 1 aliphatic heterocycles. The number of nitrogens with one attached hydrogen (secondary N) is 1. The Balaban J connectivity index is 1.99. The van der Waals surface area contributed by atoms with Gasteiger partial charge >= 0.3 is 6.03 Å². The number of anilines is 1. The van der Waals surface area contributed by atoms with Gasteiger partial charge in [-0.25, -0.2) is 9.69 Å². The third-order valence-corrected chi connectivity index (χ3v) is 4.72. The Morgan fingerprint density at radius 3 is 2.38 bits per heavy atom. The molecule has 26 heavy (non-hydrogen) atoms. The van der Waals surface area contributed by atoms with E-state index in [1.807, 2.05) is 6.92 Å². The van der Waals surface area contributed by atoms with Crippen LogP contribution in [0.2, 0.25) is 0 Å². The van der Waals surface area contributed by atoms with E-state index < -0.39 is 17.8 Å². The lowest BCUT2D eigenvalue weighted by atomic mass is 10.1. The molecule has 0 unspecified atom stereocenters. The van der Waals surface area contributed by atoms with E-state index in [1.54, 1.807) is 49.6 Å². The number of rotatable bonds is 3. The van der Waals surface area contributed by atoms with Gasteiger partial charge in [-0.05, 0) is 65.4 Å². The van der Waals surface area contributed by atoms with Crippen molar-refractivity contribution in [3.63, 3.8) is 0 Å². The zero-order valence-corrected chi connectivity index (χ0v) is 16.2. The molecular formula is C19H15IN2O4. The van der Waals surface area contributed by atoms with Crippen LogP contribution in [-0.4, -0.2) is 25.0 Å². The van der Waals surface area contributed by atoms with E-state index in [0.717, 1.165) is 14.0 Å². The molecule has 1 aliphatic rings. The minimum absolute atomic E-state index is 0.105. The highest BCUT2D eigenvalue weighted by Gasteiger charge is 2.36. The topological polar surface area (TPSA) is 75.7 Å². The van der Waals surface area contributed by atoms with Crippen molar-refractivity contribution in [3.8, 4) is 5.75 Å². The summed E-state index contributed by atoms with van der Waals surface area (Å²) in [6, 6.07) is 11.4. The first-order chi connectivity index (χ1) is 12.4. The van der Waals surface area contributed by atoms with Crippen LogP contribution in [0.15, 0.2) is 48.0 Å². The van der Waals surface area contributed by atoms with Gasteiger partial charge in [0.2, 0.25) is 0 Å². The lowest BCUT2D eigenvalue weighted by Gasteiger charge is -2.26. The van der Waals surface area contributed by atoms with Gasteiger partial charge in [0, 0.05) is 0 Å². The summed E-state index contributed by atoms with van der Waals surface area (Å²) in [6.45, 7) is 1.90. The monoisotopic (exact) mass is 462 g/mol. The molecule has 3 rings (SSSR count). The molecule has 0 saturated carbocycles. The van der Waals surface area contributed by atoms with Gasteiger partial charge in [-0.2, -0.15) is 0 Å². The third-order valence-electron chi connectivity index (χ3n) is 3.88. The molecule has 0 atom stereocenters. The summed E-state index contributed by atoms with van der Waals surface area (Å²) < 4.78 is 6.05. The van der Waals surface area contributed by atoms with E-state index in [-0.39, 0.29) is 5.57 Å². The Morgan fingerprint density at radius 2 is 1.77 bits per heavy atom. The lowest BCUT2D eigenvalue weighted by molar-refractivity contribution is -0.122. The first-order valence-electron chi connectivity index (χ1n) is 7.72. The normalized spacial score (nSPS) is 16.0. The van der Waals surface area contributed by atoms with Crippen LogP contribution in [0.5, 0.6) is 5.75 Å². The van der Waals surface area contributed by atoms with Crippen molar-refractivity contribution in [2.45, 2.75) is 6.92 Å². The molecule has 1 fully saturated rings. The smallest absolute Gasteiger partial charge is 0.335 e. The van der Waals surface area contributed by atoms with Crippen LogP contribution >= 0.6 is 22.6 Å². The number of hydrogen-bond donors (Lipinski definition) is 1. The van der Waals surface area contributed by atoms with Crippen LogP contribution < -0.4 is 15.0 Å². The second-order valence-corrected chi connectivity index (χ2v) is 6.85. The van der Waals surface area contributed by atoms with Crippen LogP contribution in [0, 0.1) is 10.5 Å². The van der Waals surface area contributed by atoms with E-state index in [1.165, 1.54) is 6.08 Å². The fourth-order valence-corrected chi connectivity index (χ4v) is 3.28. The number of ether oxygens (including phenoxy) is 1. The molecule has 0 radical (unpaired) electrons. The molecule has 4 amide bonds. The van der Waals surface area contributed by atoms with Crippen LogP contribution in [0.4, 0.5) is 10.5 Å². The fourth-order valence-electron chi connectivity index (χ4n) is 2.52. The Hall–Kier alpha value is -2.68. The predicted molar refractivity (Wildman–Crippen MR) is 106 cm³/mol. The molecule has 6 nitrogen and oxygen atoms in total. The van der Waals surface area contributed by atoms with Gasteiger partial charge in [0.25, 0.3) is 11.8 Å². The van der Waals surface area contributed by atoms with Crippen molar-refractivity contribution < 1.29 is 19.1 Å². The molecule has 7 heteroatoms. The van der Waals surface area contributed by atoms with Gasteiger partial charge in [-0.1, -0.05) is 23.8 Å². The lowest BCUT2D eigenvalue weighted by Crippen LogP contribution is -2.54. The van der Waals surface area contributed by atoms with Crippen molar-refractivity contribution in [2.24, 2.45) is 0 Å². The van der Waals surface area contributed by atoms with Crippen LogP contribution in [-0.2, 0) is 9.59 Å². The van der Waals surface area contributed by atoms with E-state index in [2.05, 4.69) is 27.9 Å². The Kier molecular flexibility index (Phi) is 5.08. The van der Waals surface area contributed by atoms with Crippen LogP contribution in [0.3, 0.4) is 0 Å². The summed E-state index contributed by atoms with van der Waals surface area (Å²) in [7, 11) is 1.57. The standard InChI is InChI=1S/C19H15IN2O4/c1-11-3-6-13(7-4-11)22-18(24)14(17(23)21-19(22)25)9-12-5-8-16(26-2)15(20)10-12/h3-10H,1-2H3,(H,21,23,25). The number of nitrogens with zero attached hydrogens (tertiary/aromatic N) is 1. The molecule has 1 heterocycles. The molecule has 0 bridgehead atoms. The zero-order valence-electron chi connectivity index (χ0n) is 14.1. The number of carbonyl (C=O) groups is 3. The summed E-state index contributed by atoms with van der Waals surface area (Å²) >= 11 is 2.11. The number of amides is 4. The number of halogens is 1. The highest BCUT2D eigenvalue weighted by molar-refractivity contribution is 14.1. The molecule has 0 aromatic heterocycles. The number of aryl methyl sites for hydroxylation is 1. The van der Waals surface area contributed by atoms with Gasteiger partial charge in [0.1, 0.15) is 11.3 Å². The molecule has 2 aromatic rings. The Morgan fingerprint density at radius 1 is 1.08 bits per heavy atom. The molecule has 0 spiro atoms. The Bertz CT molecular complexity index is 935. The highest BCUT2D eigenvalue weighted by atomic mass is 127. The summed E-state index contributed by atoms with van der Waals surface area (Å²) in [5.41, 5.74) is 1.96. The number of imide groups is 2. The second-order valence-electron chi connectivity index (χ2n) is 5.69. The number of hydrogen-bond acceptors (Lipinski definition) is 4. The van der Waals surface area contributed by atoms with Crippen molar-refractivity contribution >= 4 is 52.2 Å². The molecule has 132 valence electrons. The summed E-state index contributed by atoms with van der Waals surface area (Å²) in [5.74, 6) is -0.675. The fraction of sp³-hybridized carbons (Fsp3) is 0.105. The van der Waals surface area contributed by atoms with Gasteiger partial charge in [0.05, 0.1) is 16.4 Å². The zero-order chi connectivity index (χ0) is 18.8. The largest absolute Gasteiger partial charge is 0.496 e. The maximum absolute atomic E-state index is 12.8. The van der Waals surface area contributed by atoms with Crippen LogP contribution in [0.1, 0.15) is 11.1 Å². The molecule has 0 aliphatic carbocycles. The number of benzene rings is 2. The molecule has 1 N–H and O–H groups in total. The van der Waals surface area contributed by atoms with Crippen molar-refractivity contribution in [1.29, 1.82) is 0 Å². The third kappa shape index (κ3) is 3.48. The first kappa shape index (κ1) is 18.1. The minimum atomic E-state index is -0.759. The van der Waals surface area contributed by atoms with Gasteiger partial charge in [-0.15, -0.1) is 0 Å². The van der Waals surface area contributed by atoms with Gasteiger partial charge in [-0.3, -0.25) is 14.9 Å². The highest BCUT2D eigenvalue weighted by Crippen LogP contribution is 2.25. The van der Waals surface area contributed by atoms with E-state index in [4.69, 9.17) is 4.74 Å². The summed E-state index contributed by atoms with van der Waals surface area (Å²) in [5, 5.41) is 2.21. The average Bonchev–Trinajstić information content (AvgIpc) is 2.60. The van der Waals surface area contributed by atoms with Crippen molar-refractivity contribution in [2.75, 3.05) is 12.0 Å². The maximum Gasteiger partial charge on any atom is 0.335 e. The summed E-state index contributed by atoms with van der Waals surface area (Å²) in [6.07, 6.45) is 1.47. The van der Waals surface area contributed by atoms with E-state index >= 15 is 0 Å². The molecule has 1 saturated heterocycles. The van der Waals surface area contributed by atoms with Crippen molar-refractivity contribution in [3.05, 3.63) is 62.7 Å². The van der Waals surface area contributed by atoms with E-state index in [0.29, 0.717) is 17.0 Å². The first-order valence-corrected chi connectivity index (χ1v) is 8.80. The quantitative estimate of drug-likeness (QED) is 0.432. The van der Waals surface area contributed by atoms with E-state index in [9.17, 15) is 14.4 Å². The number of methoxy groups -OCH3 is 1. The summed E-state index contributed by atoms with van der Waals surface area (Å²) in [4.78, 5) is 38.1. The van der Waals surface area contributed by atoms with Gasteiger partial charge < -0.3 is 4.74 Å². The minimum Gasteiger partial charge on any atom is -0.496 e. The number of urea groups is 1. The van der Waals surface area contributed by atoms with Crippen LogP contribution in [0.25, 0.3) is 6.08 Å². The molecule has 2 aromatic carbocycles. The number of barbiturate groups is 1. The molecular weight excluding hydrogens is 447 g/mol. The SMILES string of the molecule is COc1ccc(C=C2C(=O)NC(=O)N(c3ccc(C)cc3)C2=O)cc1I. The van der Waals surface area contributed by atoms with Crippen molar-refractivity contribution in [1.82, 2.24) is 5.32 Å². The maximum atomic E-state index is 12.8.